The maximum atomic E-state index is 12.1. The molecule has 144 valence electrons. The number of benzene rings is 1. The van der Waals surface area contributed by atoms with Crippen LogP contribution in [0.4, 0.5) is 0 Å². The second kappa shape index (κ2) is 7.16. The summed E-state index contributed by atoms with van der Waals surface area (Å²) in [7, 11) is 0. The fourth-order valence-electron chi connectivity index (χ4n) is 3.34. The van der Waals surface area contributed by atoms with Crippen molar-refractivity contribution in [1.82, 2.24) is 35.8 Å². The van der Waals surface area contributed by atoms with Gasteiger partial charge in [-0.2, -0.15) is 4.98 Å². The summed E-state index contributed by atoms with van der Waals surface area (Å²) in [4.78, 5) is 16.5. The van der Waals surface area contributed by atoms with Crippen LogP contribution in [0.1, 0.15) is 36.0 Å². The van der Waals surface area contributed by atoms with E-state index >= 15 is 0 Å². The summed E-state index contributed by atoms with van der Waals surface area (Å²) in [5, 5.41) is 18.7. The molecule has 0 radical (unpaired) electrons. The number of amides is 1. The van der Waals surface area contributed by atoms with E-state index in [1.807, 2.05) is 18.3 Å². The van der Waals surface area contributed by atoms with Crippen molar-refractivity contribution in [3.63, 3.8) is 0 Å². The van der Waals surface area contributed by atoms with Gasteiger partial charge >= 0.3 is 0 Å². The summed E-state index contributed by atoms with van der Waals surface area (Å²) >= 11 is 0. The average Bonchev–Trinajstić information content (AvgIpc) is 3.15. The van der Waals surface area contributed by atoms with Crippen LogP contribution in [-0.2, 0) is 6.54 Å². The van der Waals surface area contributed by atoms with Gasteiger partial charge in [0.2, 0.25) is 5.82 Å². The number of nitrogens with one attached hydrogen (secondary N) is 2. The molecule has 1 amide bonds. The van der Waals surface area contributed by atoms with Gasteiger partial charge in [-0.15, -0.1) is 5.10 Å². The third-order valence-electron chi connectivity index (χ3n) is 5.07. The van der Waals surface area contributed by atoms with E-state index in [1.165, 1.54) is 6.42 Å². The zero-order valence-corrected chi connectivity index (χ0v) is 15.3. The zero-order valence-electron chi connectivity index (χ0n) is 15.3. The van der Waals surface area contributed by atoms with Crippen molar-refractivity contribution in [1.29, 1.82) is 0 Å². The Morgan fingerprint density at radius 2 is 2.11 bits per heavy atom. The lowest BCUT2D eigenvalue weighted by atomic mass is 10.1. The van der Waals surface area contributed by atoms with Gasteiger partial charge in [0, 0.05) is 23.2 Å². The Balaban J connectivity index is 1.27. The van der Waals surface area contributed by atoms with Crippen molar-refractivity contribution in [2.24, 2.45) is 0 Å². The third kappa shape index (κ3) is 3.65. The summed E-state index contributed by atoms with van der Waals surface area (Å²) < 4.78 is 7.16. The molecule has 1 aliphatic carbocycles. The number of hydrogen-bond acceptors (Lipinski definition) is 7. The lowest BCUT2D eigenvalue weighted by Gasteiger charge is -2.08. The van der Waals surface area contributed by atoms with Gasteiger partial charge in [-0.05, 0) is 44.4 Å². The first-order valence-electron chi connectivity index (χ1n) is 9.63. The quantitative estimate of drug-likeness (QED) is 0.670. The van der Waals surface area contributed by atoms with E-state index in [0.29, 0.717) is 35.1 Å². The molecule has 5 rings (SSSR count). The number of carbonyl (C=O) groups excluding carboxylic acids is 1. The van der Waals surface area contributed by atoms with Crippen molar-refractivity contribution in [2.75, 3.05) is 6.54 Å². The van der Waals surface area contributed by atoms with E-state index in [4.69, 9.17) is 4.52 Å². The summed E-state index contributed by atoms with van der Waals surface area (Å²) in [6, 6.07) is 7.95. The van der Waals surface area contributed by atoms with E-state index in [9.17, 15) is 4.79 Å². The summed E-state index contributed by atoms with van der Waals surface area (Å²) in [6.07, 6.45) is 6.30. The molecule has 1 unspecified atom stereocenters. The largest absolute Gasteiger partial charge is 0.349 e. The minimum atomic E-state index is -0.0452. The molecule has 1 aliphatic heterocycles. The first kappa shape index (κ1) is 17.1. The van der Waals surface area contributed by atoms with E-state index in [2.05, 4.69) is 31.1 Å². The molecular formula is C19H21N7O2. The molecule has 1 saturated carbocycles. The Morgan fingerprint density at radius 1 is 1.25 bits per heavy atom. The standard InChI is InChI=1S/C19H21N7O2/c27-18(21-14-7-8-14)13-5-3-12(4-6-13)17-22-19(28-24-17)16-11-26(25-23-16)10-15-2-1-9-20-15/h3-6,11,14-15,20H,1-2,7-10H2,(H,21,27). The number of hydrogen-bond donors (Lipinski definition) is 2. The SMILES string of the molecule is O=C(NC1CC1)c1ccc(-c2noc(-c3cn(CC4CCCN4)nn3)n2)cc1. The minimum absolute atomic E-state index is 0.0452. The average molecular weight is 379 g/mol. The number of carbonyl (C=O) groups is 1. The van der Waals surface area contributed by atoms with Crippen LogP contribution in [0.15, 0.2) is 35.0 Å². The summed E-state index contributed by atoms with van der Waals surface area (Å²) in [6.45, 7) is 1.83. The molecule has 2 aliphatic rings. The Morgan fingerprint density at radius 3 is 2.86 bits per heavy atom. The van der Waals surface area contributed by atoms with Gasteiger partial charge in [0.15, 0.2) is 5.69 Å². The molecule has 2 N–H and O–H groups in total. The minimum Gasteiger partial charge on any atom is -0.349 e. The topological polar surface area (TPSA) is 111 Å². The van der Waals surface area contributed by atoms with Crippen LogP contribution in [0.3, 0.4) is 0 Å². The molecule has 1 aromatic carbocycles. The van der Waals surface area contributed by atoms with E-state index in [1.54, 1.807) is 16.8 Å². The Hall–Kier alpha value is -3.07. The Kier molecular flexibility index (Phi) is 4.36. The molecule has 3 aromatic rings. The molecular weight excluding hydrogens is 358 g/mol. The van der Waals surface area contributed by atoms with Crippen molar-refractivity contribution in [3.8, 4) is 23.0 Å². The highest BCUT2D eigenvalue weighted by atomic mass is 16.5. The van der Waals surface area contributed by atoms with Crippen LogP contribution < -0.4 is 10.6 Å². The fourth-order valence-corrected chi connectivity index (χ4v) is 3.34. The predicted octanol–water partition coefficient (Wildman–Crippen LogP) is 1.64. The normalized spacial score (nSPS) is 19.1. The van der Waals surface area contributed by atoms with Crippen LogP contribution in [0.2, 0.25) is 0 Å². The van der Waals surface area contributed by atoms with Gasteiger partial charge in [0.1, 0.15) is 0 Å². The van der Waals surface area contributed by atoms with Gasteiger partial charge in [0.25, 0.3) is 11.8 Å². The second-order valence-corrected chi connectivity index (χ2v) is 7.37. The first-order chi connectivity index (χ1) is 13.7. The van der Waals surface area contributed by atoms with Crippen LogP contribution >= 0.6 is 0 Å². The van der Waals surface area contributed by atoms with E-state index in [-0.39, 0.29) is 5.91 Å². The highest BCUT2D eigenvalue weighted by Gasteiger charge is 2.24. The first-order valence-corrected chi connectivity index (χ1v) is 9.63. The molecule has 3 heterocycles. The van der Waals surface area contributed by atoms with Gasteiger partial charge in [-0.1, -0.05) is 22.5 Å². The van der Waals surface area contributed by atoms with Crippen LogP contribution in [0.5, 0.6) is 0 Å². The van der Waals surface area contributed by atoms with Crippen LogP contribution in [0, 0.1) is 0 Å². The molecule has 28 heavy (non-hydrogen) atoms. The Labute approximate surface area is 161 Å². The van der Waals surface area contributed by atoms with E-state index in [0.717, 1.165) is 37.9 Å². The smallest absolute Gasteiger partial charge is 0.280 e. The van der Waals surface area contributed by atoms with Gasteiger partial charge in [-0.3, -0.25) is 9.48 Å². The summed E-state index contributed by atoms with van der Waals surface area (Å²) in [5.41, 5.74) is 1.96. The van der Waals surface area contributed by atoms with Gasteiger partial charge in [0.05, 0.1) is 12.7 Å². The third-order valence-corrected chi connectivity index (χ3v) is 5.07. The van der Waals surface area contributed by atoms with Crippen molar-refractivity contribution in [3.05, 3.63) is 36.0 Å². The molecule has 9 nitrogen and oxygen atoms in total. The molecule has 0 spiro atoms. The van der Waals surface area contributed by atoms with Crippen molar-refractivity contribution >= 4 is 5.91 Å². The van der Waals surface area contributed by atoms with Gasteiger partial charge in [-0.25, -0.2) is 0 Å². The van der Waals surface area contributed by atoms with Crippen molar-refractivity contribution in [2.45, 2.75) is 44.3 Å². The lowest BCUT2D eigenvalue weighted by Crippen LogP contribution is -2.26. The maximum Gasteiger partial charge on any atom is 0.280 e. The lowest BCUT2D eigenvalue weighted by molar-refractivity contribution is 0.0951. The van der Waals surface area contributed by atoms with Crippen LogP contribution in [0.25, 0.3) is 23.0 Å². The molecule has 1 atom stereocenters. The zero-order chi connectivity index (χ0) is 18.9. The monoisotopic (exact) mass is 379 g/mol. The molecule has 2 aromatic heterocycles. The Bertz CT molecular complexity index is 968. The van der Waals surface area contributed by atoms with E-state index < -0.39 is 0 Å². The molecule has 1 saturated heterocycles. The highest BCUT2D eigenvalue weighted by molar-refractivity contribution is 5.94. The van der Waals surface area contributed by atoms with Gasteiger partial charge < -0.3 is 15.2 Å². The second-order valence-electron chi connectivity index (χ2n) is 7.37. The number of aromatic nitrogens is 5. The van der Waals surface area contributed by atoms with Crippen LogP contribution in [-0.4, -0.2) is 49.7 Å². The number of rotatable bonds is 6. The summed E-state index contributed by atoms with van der Waals surface area (Å²) in [5.74, 6) is 0.739. The predicted molar refractivity (Wildman–Crippen MR) is 100 cm³/mol. The molecule has 2 fully saturated rings. The maximum absolute atomic E-state index is 12.1. The fraction of sp³-hybridized carbons (Fsp3) is 0.421. The molecule has 9 heteroatoms. The highest BCUT2D eigenvalue weighted by Crippen LogP contribution is 2.22. The van der Waals surface area contributed by atoms with Crippen molar-refractivity contribution < 1.29 is 9.32 Å². The molecule has 0 bridgehead atoms. The number of nitrogens with zero attached hydrogens (tertiary/aromatic N) is 5.